The van der Waals surface area contributed by atoms with Crippen molar-refractivity contribution in [3.8, 4) is 0 Å². The van der Waals surface area contributed by atoms with Crippen LogP contribution in [0.5, 0.6) is 0 Å². The predicted octanol–water partition coefficient (Wildman–Crippen LogP) is 4.77. The van der Waals surface area contributed by atoms with E-state index in [9.17, 15) is 19.7 Å². The van der Waals surface area contributed by atoms with Gasteiger partial charge in [-0.1, -0.05) is 6.92 Å². The van der Waals surface area contributed by atoms with Crippen LogP contribution < -0.4 is 4.90 Å². The zero-order valence-corrected chi connectivity index (χ0v) is 18.8. The van der Waals surface area contributed by atoms with Crippen molar-refractivity contribution in [2.45, 2.75) is 58.3 Å². The summed E-state index contributed by atoms with van der Waals surface area (Å²) in [4.78, 5) is 39.1. The number of nitro groups is 1. The molecule has 32 heavy (non-hydrogen) atoms. The van der Waals surface area contributed by atoms with Crippen molar-refractivity contribution in [3.63, 3.8) is 0 Å². The maximum absolute atomic E-state index is 13.1. The number of ketones is 1. The molecule has 0 aromatic heterocycles. The highest BCUT2D eigenvalue weighted by Gasteiger charge is 2.54. The van der Waals surface area contributed by atoms with E-state index in [0.717, 1.165) is 45.2 Å². The van der Waals surface area contributed by atoms with E-state index in [-0.39, 0.29) is 29.1 Å². The van der Waals surface area contributed by atoms with Gasteiger partial charge in [-0.2, -0.15) is 0 Å². The molecule has 4 bridgehead atoms. The summed E-state index contributed by atoms with van der Waals surface area (Å²) in [6.07, 6.45) is 8.66. The van der Waals surface area contributed by atoms with E-state index in [1.807, 2.05) is 4.90 Å². The minimum absolute atomic E-state index is 0.0402. The van der Waals surface area contributed by atoms with E-state index in [1.165, 1.54) is 25.3 Å². The molecule has 7 heteroatoms. The molecule has 1 saturated heterocycles. The topological polar surface area (TPSA) is 89.8 Å². The van der Waals surface area contributed by atoms with Gasteiger partial charge in [-0.3, -0.25) is 14.9 Å². The van der Waals surface area contributed by atoms with Gasteiger partial charge in [-0.05, 0) is 87.2 Å². The van der Waals surface area contributed by atoms with Crippen LogP contribution in [0.4, 0.5) is 11.4 Å². The SMILES string of the molecule is CC1CCCN(c2ccc(C(=O)OCC(=O)C34CC5CC(CC(C5)C3)C4)cc2[N+](=O)[O-])C1. The zero-order chi connectivity index (χ0) is 22.5. The Hall–Kier alpha value is -2.44. The van der Waals surface area contributed by atoms with Crippen molar-refractivity contribution in [1.29, 1.82) is 0 Å². The van der Waals surface area contributed by atoms with Gasteiger partial charge in [-0.15, -0.1) is 0 Å². The molecular weight excluding hydrogens is 408 g/mol. The first-order valence-electron chi connectivity index (χ1n) is 12.1. The summed E-state index contributed by atoms with van der Waals surface area (Å²) in [5, 5.41) is 11.7. The summed E-state index contributed by atoms with van der Waals surface area (Å²) in [5.41, 5.74) is 0.281. The Kier molecular flexibility index (Phi) is 5.46. The minimum Gasteiger partial charge on any atom is -0.454 e. The Balaban J connectivity index is 1.27. The fourth-order valence-electron chi connectivity index (χ4n) is 7.29. The predicted molar refractivity (Wildman–Crippen MR) is 120 cm³/mol. The molecule has 1 heterocycles. The average molecular weight is 441 g/mol. The molecule has 0 amide bonds. The number of piperidine rings is 1. The van der Waals surface area contributed by atoms with Gasteiger partial charge in [0.1, 0.15) is 5.69 Å². The molecular formula is C25H32N2O5. The Morgan fingerprint density at radius 1 is 1.16 bits per heavy atom. The summed E-state index contributed by atoms with van der Waals surface area (Å²) in [7, 11) is 0. The van der Waals surface area contributed by atoms with Crippen LogP contribution >= 0.6 is 0 Å². The molecule has 4 saturated carbocycles. The van der Waals surface area contributed by atoms with Gasteiger partial charge in [-0.25, -0.2) is 4.79 Å². The molecule has 1 aromatic carbocycles. The molecule has 1 atom stereocenters. The molecule has 6 rings (SSSR count). The lowest BCUT2D eigenvalue weighted by molar-refractivity contribution is -0.384. The summed E-state index contributed by atoms with van der Waals surface area (Å²) >= 11 is 0. The molecule has 1 aliphatic heterocycles. The number of benzene rings is 1. The molecule has 5 aliphatic rings. The monoisotopic (exact) mass is 440 g/mol. The highest BCUT2D eigenvalue weighted by atomic mass is 16.6. The third-order valence-corrected chi connectivity index (χ3v) is 8.37. The molecule has 1 aromatic rings. The van der Waals surface area contributed by atoms with E-state index in [0.29, 0.717) is 29.4 Å². The molecule has 172 valence electrons. The van der Waals surface area contributed by atoms with Crippen LogP contribution in [-0.2, 0) is 9.53 Å². The van der Waals surface area contributed by atoms with Crippen LogP contribution in [0.3, 0.4) is 0 Å². The van der Waals surface area contributed by atoms with Crippen molar-refractivity contribution < 1.29 is 19.2 Å². The van der Waals surface area contributed by atoms with Gasteiger partial charge in [0.25, 0.3) is 5.69 Å². The third kappa shape index (κ3) is 3.90. The smallest absolute Gasteiger partial charge is 0.338 e. The maximum Gasteiger partial charge on any atom is 0.338 e. The van der Waals surface area contributed by atoms with Gasteiger partial charge in [0.2, 0.25) is 0 Å². The number of rotatable bonds is 6. The van der Waals surface area contributed by atoms with Crippen molar-refractivity contribution in [2.75, 3.05) is 24.6 Å². The van der Waals surface area contributed by atoms with Crippen LogP contribution in [0.2, 0.25) is 0 Å². The lowest BCUT2D eigenvalue weighted by Crippen LogP contribution is -2.51. The van der Waals surface area contributed by atoms with E-state index in [2.05, 4.69) is 6.92 Å². The van der Waals surface area contributed by atoms with E-state index in [1.54, 1.807) is 12.1 Å². The average Bonchev–Trinajstić information content (AvgIpc) is 2.75. The number of carbonyl (C=O) groups is 2. The van der Waals surface area contributed by atoms with Crippen LogP contribution in [-0.4, -0.2) is 36.4 Å². The normalized spacial score (nSPS) is 33.2. The number of ether oxygens (including phenoxy) is 1. The maximum atomic E-state index is 13.1. The molecule has 0 radical (unpaired) electrons. The van der Waals surface area contributed by atoms with Crippen LogP contribution in [0.25, 0.3) is 0 Å². The largest absolute Gasteiger partial charge is 0.454 e. The summed E-state index contributed by atoms with van der Waals surface area (Å²) < 4.78 is 5.39. The van der Waals surface area contributed by atoms with Gasteiger partial charge < -0.3 is 9.64 Å². The number of nitro benzene ring substituents is 1. The standard InChI is InChI=1S/C25H32N2O5/c1-16-3-2-6-26(14-16)21-5-4-20(10-22(21)27(30)31)24(29)32-15-23(28)25-11-17-7-18(12-25)9-19(8-17)13-25/h4-5,10,16-19H,2-3,6-9,11-15H2,1H3. The lowest BCUT2D eigenvalue weighted by Gasteiger charge is -2.55. The minimum atomic E-state index is -0.662. The van der Waals surface area contributed by atoms with Gasteiger partial charge in [0.15, 0.2) is 12.4 Å². The Morgan fingerprint density at radius 2 is 1.81 bits per heavy atom. The number of Topliss-reactive ketones (excluding diaryl/α,β-unsaturated/α-hetero) is 1. The Morgan fingerprint density at radius 3 is 2.41 bits per heavy atom. The van der Waals surface area contributed by atoms with Crippen molar-refractivity contribution in [3.05, 3.63) is 33.9 Å². The van der Waals surface area contributed by atoms with Gasteiger partial charge in [0.05, 0.1) is 10.5 Å². The first-order valence-corrected chi connectivity index (χ1v) is 12.1. The van der Waals surface area contributed by atoms with Crippen LogP contribution in [0.1, 0.15) is 68.6 Å². The molecule has 0 spiro atoms. The number of hydrogen-bond acceptors (Lipinski definition) is 6. The van der Waals surface area contributed by atoms with Crippen molar-refractivity contribution in [1.82, 2.24) is 0 Å². The van der Waals surface area contributed by atoms with Gasteiger partial charge >= 0.3 is 5.97 Å². The molecule has 5 fully saturated rings. The number of nitrogens with zero attached hydrogens (tertiary/aromatic N) is 2. The van der Waals surface area contributed by atoms with Crippen LogP contribution in [0.15, 0.2) is 18.2 Å². The summed E-state index contributed by atoms with van der Waals surface area (Å²) in [5.74, 6) is 1.79. The number of carbonyl (C=O) groups excluding carboxylic acids is 2. The number of esters is 1. The molecule has 4 aliphatic carbocycles. The number of hydrogen-bond donors (Lipinski definition) is 0. The van der Waals surface area contributed by atoms with Gasteiger partial charge in [0, 0.05) is 24.6 Å². The molecule has 7 nitrogen and oxygen atoms in total. The first kappa shape index (κ1) is 21.4. The lowest BCUT2D eigenvalue weighted by atomic mass is 9.48. The quantitative estimate of drug-likeness (QED) is 0.359. The summed E-state index contributed by atoms with van der Waals surface area (Å²) in [6, 6.07) is 4.53. The zero-order valence-electron chi connectivity index (χ0n) is 18.8. The first-order chi connectivity index (χ1) is 15.3. The summed E-state index contributed by atoms with van der Waals surface area (Å²) in [6.45, 7) is 3.45. The van der Waals surface area contributed by atoms with Crippen molar-refractivity contribution in [2.24, 2.45) is 29.1 Å². The van der Waals surface area contributed by atoms with E-state index < -0.39 is 10.9 Å². The van der Waals surface area contributed by atoms with E-state index in [4.69, 9.17) is 4.74 Å². The highest BCUT2D eigenvalue weighted by molar-refractivity contribution is 5.94. The second-order valence-corrected chi connectivity index (χ2v) is 10.9. The Labute approximate surface area is 188 Å². The van der Waals surface area contributed by atoms with Crippen molar-refractivity contribution >= 4 is 23.1 Å². The second kappa shape index (κ2) is 8.16. The highest BCUT2D eigenvalue weighted by Crippen LogP contribution is 2.60. The fraction of sp³-hybridized carbons (Fsp3) is 0.680. The third-order valence-electron chi connectivity index (χ3n) is 8.37. The van der Waals surface area contributed by atoms with Crippen LogP contribution in [0, 0.1) is 39.2 Å². The molecule has 0 N–H and O–H groups in total. The van der Waals surface area contributed by atoms with E-state index >= 15 is 0 Å². The fourth-order valence-corrected chi connectivity index (χ4v) is 7.29. The second-order valence-electron chi connectivity index (χ2n) is 10.9. The molecule has 1 unspecified atom stereocenters. The number of anilines is 1. The Bertz CT molecular complexity index is 907.